The first-order valence-corrected chi connectivity index (χ1v) is 5.57. The van der Waals surface area contributed by atoms with Crippen LogP contribution in [0.2, 0.25) is 0 Å². The van der Waals surface area contributed by atoms with Crippen LogP contribution in [0, 0.1) is 0 Å². The summed E-state index contributed by atoms with van der Waals surface area (Å²) in [6.07, 6.45) is 2.49. The lowest BCUT2D eigenvalue weighted by Gasteiger charge is -2.08. The molecule has 6 heteroatoms. The van der Waals surface area contributed by atoms with Gasteiger partial charge < -0.3 is 10.4 Å². The lowest BCUT2D eigenvalue weighted by Crippen LogP contribution is -2.24. The first-order chi connectivity index (χ1) is 6.29. The number of nitrogens with zero attached hydrogens (tertiary/aromatic N) is 1. The van der Waals surface area contributed by atoms with E-state index in [2.05, 4.69) is 22.8 Å². The number of fused-ring (bicyclic) bond motifs is 1. The molecule has 0 aliphatic carbocycles. The largest absolute Gasteiger partial charge is 0.395 e. The molecule has 3 fully saturated rings. The zero-order chi connectivity index (χ0) is 9.26. The average molecular weight is 275 g/mol. The zero-order valence-electron chi connectivity index (χ0n) is 8.63. The Morgan fingerprint density at radius 3 is 2.20 bits per heavy atom. The van der Waals surface area contributed by atoms with Gasteiger partial charge in [0.15, 0.2) is 0 Å². The van der Waals surface area contributed by atoms with Crippen LogP contribution in [0.4, 0.5) is 0 Å². The predicted octanol–water partition coefficient (Wildman–Crippen LogP) is 0.557. The summed E-state index contributed by atoms with van der Waals surface area (Å²) < 4.78 is 0. The van der Waals surface area contributed by atoms with Gasteiger partial charge in [-0.25, -0.2) is 0 Å². The van der Waals surface area contributed by atoms with Crippen molar-refractivity contribution in [3.8, 4) is 0 Å². The predicted molar refractivity (Wildman–Crippen MR) is 70.7 cm³/mol. The van der Waals surface area contributed by atoms with Crippen molar-refractivity contribution in [2.45, 2.75) is 30.2 Å². The van der Waals surface area contributed by atoms with Crippen LogP contribution in [0.15, 0.2) is 0 Å². The fourth-order valence-electron chi connectivity index (χ4n) is 1.84. The second-order valence-electron chi connectivity index (χ2n) is 4.11. The third-order valence-corrected chi connectivity index (χ3v) is 3.39. The standard InChI is InChI=1S/C5H11NOS.C4H7N.2ClH/c7-3-4-1-5(8)2-6-4;1-2-5-3-4(1)5;;/h4-8H,1-3H2;4H,1-3H2;2*1H/t2*4-,5-;;/m01../s1. The molecule has 92 valence electrons. The molecule has 3 rings (SSSR count). The molecule has 0 aromatic heterocycles. The Morgan fingerprint density at radius 1 is 1.40 bits per heavy atom. The molecule has 2 N–H and O–H groups in total. The lowest BCUT2D eigenvalue weighted by atomic mass is 10.2. The summed E-state index contributed by atoms with van der Waals surface area (Å²) in [6, 6.07) is 1.37. The topological polar surface area (TPSA) is 35.3 Å². The second-order valence-corrected chi connectivity index (χ2v) is 4.85. The van der Waals surface area contributed by atoms with Crippen molar-refractivity contribution in [2.24, 2.45) is 0 Å². The highest BCUT2D eigenvalue weighted by molar-refractivity contribution is 7.81. The van der Waals surface area contributed by atoms with Gasteiger partial charge in [-0.2, -0.15) is 12.6 Å². The van der Waals surface area contributed by atoms with Crippen molar-refractivity contribution in [3.63, 3.8) is 0 Å². The Morgan fingerprint density at radius 2 is 2.07 bits per heavy atom. The quantitative estimate of drug-likeness (QED) is 0.483. The van der Waals surface area contributed by atoms with E-state index in [4.69, 9.17) is 5.11 Å². The molecule has 3 heterocycles. The van der Waals surface area contributed by atoms with E-state index in [1.54, 1.807) is 0 Å². The van der Waals surface area contributed by atoms with Crippen LogP contribution in [-0.4, -0.2) is 53.6 Å². The molecule has 0 amide bonds. The van der Waals surface area contributed by atoms with E-state index in [1.165, 1.54) is 19.5 Å². The SMILES string of the molecule is C1C[N@]2C[C@@H]12.Cl.Cl.OC[C@@H]1C[C@H](S)CN1. The van der Waals surface area contributed by atoms with E-state index in [0.29, 0.717) is 11.3 Å². The number of aliphatic hydroxyl groups excluding tert-OH is 1. The number of hydrogen-bond donors (Lipinski definition) is 3. The Hall–Kier alpha value is 0.810. The Kier molecular flexibility index (Phi) is 7.59. The highest BCUT2D eigenvalue weighted by Gasteiger charge is 2.41. The van der Waals surface area contributed by atoms with Gasteiger partial charge in [-0.1, -0.05) is 0 Å². The van der Waals surface area contributed by atoms with Gasteiger partial charge in [-0.3, -0.25) is 4.90 Å². The molecule has 0 spiro atoms. The smallest absolute Gasteiger partial charge is 0.0585 e. The molecule has 15 heavy (non-hydrogen) atoms. The van der Waals surface area contributed by atoms with Gasteiger partial charge >= 0.3 is 0 Å². The maximum absolute atomic E-state index is 8.59. The van der Waals surface area contributed by atoms with Gasteiger partial charge in [0.1, 0.15) is 0 Å². The average Bonchev–Trinajstić information content (AvgIpc) is 2.52. The Labute approximate surface area is 109 Å². The number of rotatable bonds is 1. The maximum atomic E-state index is 8.59. The molecule has 0 aromatic rings. The summed E-state index contributed by atoms with van der Waals surface area (Å²) >= 11 is 4.23. The summed E-state index contributed by atoms with van der Waals surface area (Å²) in [4.78, 5) is 2.47. The second kappa shape index (κ2) is 7.20. The molecule has 0 aromatic carbocycles. The minimum atomic E-state index is 0. The summed E-state index contributed by atoms with van der Waals surface area (Å²) in [5.74, 6) is 0. The molecule has 3 aliphatic heterocycles. The van der Waals surface area contributed by atoms with Crippen molar-refractivity contribution in [1.29, 1.82) is 0 Å². The van der Waals surface area contributed by atoms with E-state index in [-0.39, 0.29) is 31.4 Å². The Balaban J connectivity index is 0.000000244. The van der Waals surface area contributed by atoms with Gasteiger partial charge in [0.25, 0.3) is 0 Å². The van der Waals surface area contributed by atoms with Crippen molar-refractivity contribution in [2.75, 3.05) is 26.2 Å². The Bertz CT molecular complexity index is 175. The molecule has 3 nitrogen and oxygen atoms in total. The summed E-state index contributed by atoms with van der Waals surface area (Å²) in [7, 11) is 0. The van der Waals surface area contributed by atoms with Crippen molar-refractivity contribution >= 4 is 37.4 Å². The molecule has 0 unspecified atom stereocenters. The third kappa shape index (κ3) is 4.67. The number of hydrogen-bond acceptors (Lipinski definition) is 4. The fourth-order valence-corrected chi connectivity index (χ4v) is 2.20. The zero-order valence-corrected chi connectivity index (χ0v) is 11.2. The van der Waals surface area contributed by atoms with Crippen LogP contribution < -0.4 is 5.32 Å². The minimum absolute atomic E-state index is 0. The number of halogens is 2. The molecule has 0 saturated carbocycles. The maximum Gasteiger partial charge on any atom is 0.0585 e. The molecular weight excluding hydrogens is 255 g/mol. The van der Waals surface area contributed by atoms with Crippen molar-refractivity contribution in [1.82, 2.24) is 10.2 Å². The minimum Gasteiger partial charge on any atom is -0.395 e. The highest BCUT2D eigenvalue weighted by atomic mass is 35.5. The summed E-state index contributed by atoms with van der Waals surface area (Å²) in [5, 5.41) is 12.2. The molecule has 3 saturated heterocycles. The highest BCUT2D eigenvalue weighted by Crippen LogP contribution is 2.30. The van der Waals surface area contributed by atoms with Crippen LogP contribution in [-0.2, 0) is 0 Å². The first-order valence-electron chi connectivity index (χ1n) is 5.06. The van der Waals surface area contributed by atoms with Crippen molar-refractivity contribution in [3.05, 3.63) is 0 Å². The van der Waals surface area contributed by atoms with Crippen LogP contribution in [0.25, 0.3) is 0 Å². The monoisotopic (exact) mass is 274 g/mol. The molecule has 4 atom stereocenters. The number of aliphatic hydroxyl groups is 1. The van der Waals surface area contributed by atoms with E-state index < -0.39 is 0 Å². The van der Waals surface area contributed by atoms with E-state index in [9.17, 15) is 0 Å². The van der Waals surface area contributed by atoms with E-state index in [0.717, 1.165) is 19.0 Å². The van der Waals surface area contributed by atoms with Crippen LogP contribution >= 0.6 is 37.4 Å². The van der Waals surface area contributed by atoms with Crippen LogP contribution in [0.5, 0.6) is 0 Å². The van der Waals surface area contributed by atoms with Crippen LogP contribution in [0.3, 0.4) is 0 Å². The van der Waals surface area contributed by atoms with Gasteiger partial charge in [0.05, 0.1) is 6.61 Å². The third-order valence-electron chi connectivity index (χ3n) is 3.00. The van der Waals surface area contributed by atoms with Gasteiger partial charge in [-0.15, -0.1) is 24.8 Å². The lowest BCUT2D eigenvalue weighted by molar-refractivity contribution is 0.255. The first kappa shape index (κ1) is 15.8. The molecule has 0 bridgehead atoms. The number of nitrogens with one attached hydrogen (secondary N) is 1. The number of thiol groups is 1. The molecule has 3 aliphatic rings. The van der Waals surface area contributed by atoms with Crippen molar-refractivity contribution < 1.29 is 5.11 Å². The fraction of sp³-hybridized carbons (Fsp3) is 1.00. The van der Waals surface area contributed by atoms with Gasteiger partial charge in [0, 0.05) is 37.0 Å². The molecular formula is C9H20Cl2N2OS. The van der Waals surface area contributed by atoms with E-state index in [1.807, 2.05) is 0 Å². The molecule has 0 radical (unpaired) electrons. The summed E-state index contributed by atoms with van der Waals surface area (Å²) in [6.45, 7) is 4.00. The normalized spacial score (nSPS) is 39.6. The van der Waals surface area contributed by atoms with Gasteiger partial charge in [-0.05, 0) is 12.8 Å². The van der Waals surface area contributed by atoms with Crippen LogP contribution in [0.1, 0.15) is 12.8 Å². The van der Waals surface area contributed by atoms with Gasteiger partial charge in [0.2, 0.25) is 0 Å². The summed E-state index contributed by atoms with van der Waals surface area (Å²) in [5.41, 5.74) is 0. The van der Waals surface area contributed by atoms with E-state index >= 15 is 0 Å².